The van der Waals surface area contributed by atoms with Gasteiger partial charge in [-0.2, -0.15) is 0 Å². The van der Waals surface area contributed by atoms with Crippen molar-refractivity contribution in [1.82, 2.24) is 10.3 Å². The second-order valence-corrected chi connectivity index (χ2v) is 5.86. The molecule has 1 aromatic heterocycles. The SMILES string of the molecule is Cc1ccc(C(=O)N[C@@H](Nc2ccccn2)C(=O)c2ccccc2)cc1. The van der Waals surface area contributed by atoms with Crippen molar-refractivity contribution in [1.29, 1.82) is 0 Å². The van der Waals surface area contributed by atoms with Crippen LogP contribution in [0.3, 0.4) is 0 Å². The van der Waals surface area contributed by atoms with Gasteiger partial charge in [-0.25, -0.2) is 4.98 Å². The Labute approximate surface area is 152 Å². The summed E-state index contributed by atoms with van der Waals surface area (Å²) in [6, 6.07) is 21.3. The van der Waals surface area contributed by atoms with Gasteiger partial charge in [0.15, 0.2) is 6.17 Å². The third-order valence-electron chi connectivity index (χ3n) is 3.87. The van der Waals surface area contributed by atoms with Crippen LogP contribution in [0.15, 0.2) is 79.0 Å². The highest BCUT2D eigenvalue weighted by Crippen LogP contribution is 2.10. The average Bonchev–Trinajstić information content (AvgIpc) is 2.69. The number of hydrogen-bond donors (Lipinski definition) is 2. The largest absolute Gasteiger partial charge is 0.344 e. The normalized spacial score (nSPS) is 11.4. The van der Waals surface area contributed by atoms with Gasteiger partial charge < -0.3 is 10.6 Å². The van der Waals surface area contributed by atoms with E-state index in [2.05, 4.69) is 15.6 Å². The standard InChI is InChI=1S/C21H19N3O2/c1-15-10-12-17(13-11-15)21(26)24-20(23-18-9-5-6-14-22-18)19(25)16-7-3-2-4-8-16/h2-14,20H,1H3,(H,22,23)(H,24,26)/t20-/m1/s1. The molecule has 5 heteroatoms. The number of nitrogens with one attached hydrogen (secondary N) is 2. The Morgan fingerprint density at radius 1 is 0.846 bits per heavy atom. The summed E-state index contributed by atoms with van der Waals surface area (Å²) in [6.07, 6.45) is 0.690. The Hall–Kier alpha value is -3.47. The van der Waals surface area contributed by atoms with Crippen LogP contribution in [-0.2, 0) is 0 Å². The van der Waals surface area contributed by atoms with Gasteiger partial charge in [0.25, 0.3) is 5.91 Å². The molecule has 0 aliphatic carbocycles. The molecule has 1 amide bonds. The maximum atomic E-state index is 12.9. The average molecular weight is 345 g/mol. The number of anilines is 1. The molecule has 3 aromatic rings. The lowest BCUT2D eigenvalue weighted by atomic mass is 10.1. The highest BCUT2D eigenvalue weighted by Gasteiger charge is 2.23. The Balaban J connectivity index is 1.83. The maximum Gasteiger partial charge on any atom is 0.253 e. The fraction of sp³-hybridized carbons (Fsp3) is 0.0952. The summed E-state index contributed by atoms with van der Waals surface area (Å²) in [4.78, 5) is 29.6. The molecule has 26 heavy (non-hydrogen) atoms. The first-order valence-corrected chi connectivity index (χ1v) is 8.28. The number of aromatic nitrogens is 1. The van der Waals surface area contributed by atoms with Crippen molar-refractivity contribution >= 4 is 17.5 Å². The fourth-order valence-corrected chi connectivity index (χ4v) is 2.45. The van der Waals surface area contributed by atoms with Gasteiger partial charge in [0, 0.05) is 17.3 Å². The Morgan fingerprint density at radius 3 is 2.19 bits per heavy atom. The number of Topliss-reactive ketones (excluding diaryl/α,β-unsaturated/α-hetero) is 1. The number of pyridine rings is 1. The summed E-state index contributed by atoms with van der Waals surface area (Å²) in [5.41, 5.74) is 2.06. The van der Waals surface area contributed by atoms with Crippen molar-refractivity contribution in [2.45, 2.75) is 13.1 Å². The first-order valence-electron chi connectivity index (χ1n) is 8.28. The van der Waals surface area contributed by atoms with Crippen LogP contribution in [0, 0.1) is 6.92 Å². The van der Waals surface area contributed by atoms with Crippen LogP contribution in [0.5, 0.6) is 0 Å². The van der Waals surface area contributed by atoms with Crippen LogP contribution >= 0.6 is 0 Å². The number of carbonyl (C=O) groups excluding carboxylic acids is 2. The van der Waals surface area contributed by atoms with Crippen LogP contribution < -0.4 is 10.6 Å². The van der Waals surface area contributed by atoms with E-state index in [1.54, 1.807) is 60.8 Å². The monoisotopic (exact) mass is 345 g/mol. The quantitative estimate of drug-likeness (QED) is 0.530. The summed E-state index contributed by atoms with van der Waals surface area (Å²) in [7, 11) is 0. The van der Waals surface area contributed by atoms with Gasteiger partial charge in [0.1, 0.15) is 5.82 Å². The zero-order chi connectivity index (χ0) is 18.4. The van der Waals surface area contributed by atoms with E-state index in [0.717, 1.165) is 5.56 Å². The summed E-state index contributed by atoms with van der Waals surface area (Å²) < 4.78 is 0. The van der Waals surface area contributed by atoms with E-state index < -0.39 is 6.17 Å². The van der Waals surface area contributed by atoms with E-state index in [-0.39, 0.29) is 11.7 Å². The summed E-state index contributed by atoms with van der Waals surface area (Å²) in [5.74, 6) is -0.0644. The molecule has 1 heterocycles. The molecular formula is C21H19N3O2. The third kappa shape index (κ3) is 4.33. The Morgan fingerprint density at radius 2 is 1.54 bits per heavy atom. The lowest BCUT2D eigenvalue weighted by molar-refractivity contribution is 0.0869. The molecule has 0 unspecified atom stereocenters. The van der Waals surface area contributed by atoms with E-state index in [0.29, 0.717) is 16.9 Å². The predicted molar refractivity (Wildman–Crippen MR) is 101 cm³/mol. The summed E-state index contributed by atoms with van der Waals surface area (Å²) >= 11 is 0. The number of ketones is 1. The van der Waals surface area contributed by atoms with Gasteiger partial charge in [-0.05, 0) is 31.2 Å². The minimum Gasteiger partial charge on any atom is -0.344 e. The second kappa shape index (κ2) is 8.07. The van der Waals surface area contributed by atoms with E-state index in [1.165, 1.54) is 0 Å². The minimum atomic E-state index is -0.930. The molecule has 0 saturated heterocycles. The van der Waals surface area contributed by atoms with Crippen molar-refractivity contribution < 1.29 is 9.59 Å². The van der Waals surface area contributed by atoms with E-state index in [1.807, 2.05) is 25.1 Å². The molecule has 0 aliphatic rings. The van der Waals surface area contributed by atoms with Gasteiger partial charge in [-0.15, -0.1) is 0 Å². The van der Waals surface area contributed by atoms with Gasteiger partial charge in [0.2, 0.25) is 5.78 Å². The van der Waals surface area contributed by atoms with Crippen molar-refractivity contribution in [2.75, 3.05) is 5.32 Å². The van der Waals surface area contributed by atoms with Gasteiger partial charge >= 0.3 is 0 Å². The molecule has 0 spiro atoms. The number of nitrogens with zero attached hydrogens (tertiary/aromatic N) is 1. The van der Waals surface area contributed by atoms with E-state index >= 15 is 0 Å². The Bertz CT molecular complexity index is 878. The fourth-order valence-electron chi connectivity index (χ4n) is 2.45. The smallest absolute Gasteiger partial charge is 0.253 e. The zero-order valence-electron chi connectivity index (χ0n) is 14.3. The van der Waals surface area contributed by atoms with Crippen LogP contribution in [0.1, 0.15) is 26.3 Å². The van der Waals surface area contributed by atoms with Crippen LogP contribution in [0.2, 0.25) is 0 Å². The number of carbonyl (C=O) groups is 2. The number of rotatable bonds is 6. The topological polar surface area (TPSA) is 71.1 Å². The molecule has 0 saturated carbocycles. The minimum absolute atomic E-state index is 0.239. The molecule has 2 aromatic carbocycles. The van der Waals surface area contributed by atoms with Gasteiger partial charge in [-0.1, -0.05) is 54.1 Å². The first kappa shape index (κ1) is 17.4. The van der Waals surface area contributed by atoms with Crippen LogP contribution in [0.4, 0.5) is 5.82 Å². The van der Waals surface area contributed by atoms with E-state index in [9.17, 15) is 9.59 Å². The molecular weight excluding hydrogens is 326 g/mol. The number of hydrogen-bond acceptors (Lipinski definition) is 4. The lowest BCUT2D eigenvalue weighted by Crippen LogP contribution is -2.46. The Kier molecular flexibility index (Phi) is 5.39. The van der Waals surface area contributed by atoms with Crippen LogP contribution in [-0.4, -0.2) is 22.8 Å². The first-order chi connectivity index (χ1) is 12.6. The molecule has 0 aliphatic heterocycles. The highest BCUT2D eigenvalue weighted by atomic mass is 16.2. The molecule has 130 valence electrons. The summed E-state index contributed by atoms with van der Waals surface area (Å²) in [6.45, 7) is 1.95. The van der Waals surface area contributed by atoms with Gasteiger partial charge in [-0.3, -0.25) is 9.59 Å². The van der Waals surface area contributed by atoms with Crippen molar-refractivity contribution in [3.05, 3.63) is 95.7 Å². The number of benzene rings is 2. The van der Waals surface area contributed by atoms with Crippen molar-refractivity contribution in [3.63, 3.8) is 0 Å². The van der Waals surface area contributed by atoms with E-state index in [4.69, 9.17) is 0 Å². The molecule has 1 atom stereocenters. The molecule has 0 fully saturated rings. The number of amides is 1. The molecule has 2 N–H and O–H groups in total. The zero-order valence-corrected chi connectivity index (χ0v) is 14.3. The lowest BCUT2D eigenvalue weighted by Gasteiger charge is -2.20. The van der Waals surface area contributed by atoms with Gasteiger partial charge in [0.05, 0.1) is 0 Å². The maximum absolute atomic E-state index is 12.9. The summed E-state index contributed by atoms with van der Waals surface area (Å²) in [5, 5.41) is 5.76. The predicted octanol–water partition coefficient (Wildman–Crippen LogP) is 3.44. The molecule has 0 radical (unpaired) electrons. The van der Waals surface area contributed by atoms with Crippen LogP contribution in [0.25, 0.3) is 0 Å². The molecule has 3 rings (SSSR count). The van der Waals surface area contributed by atoms with Crippen molar-refractivity contribution in [2.24, 2.45) is 0 Å². The van der Waals surface area contributed by atoms with Crippen molar-refractivity contribution in [3.8, 4) is 0 Å². The highest BCUT2D eigenvalue weighted by molar-refractivity contribution is 6.05. The third-order valence-corrected chi connectivity index (χ3v) is 3.87. The molecule has 5 nitrogen and oxygen atoms in total. The second-order valence-electron chi connectivity index (χ2n) is 5.86. The molecule has 0 bridgehead atoms. The number of aryl methyl sites for hydroxylation is 1.